The van der Waals surface area contributed by atoms with E-state index in [1.54, 1.807) is 0 Å². The first-order chi connectivity index (χ1) is 9.19. The Morgan fingerprint density at radius 2 is 2.05 bits per heavy atom. The summed E-state index contributed by atoms with van der Waals surface area (Å²) in [5.41, 5.74) is 8.55. The fraction of sp³-hybridized carbons (Fsp3) is 0.467. The van der Waals surface area contributed by atoms with Crippen molar-refractivity contribution in [2.24, 2.45) is 5.41 Å². The van der Waals surface area contributed by atoms with Crippen LogP contribution in [0.1, 0.15) is 41.8 Å². The molecule has 0 fully saturated rings. The third-order valence-electron chi connectivity index (χ3n) is 3.00. The minimum Gasteiger partial charge on any atom is -0.397 e. The maximum atomic E-state index is 12.3. The summed E-state index contributed by atoms with van der Waals surface area (Å²) in [5.74, 6) is -0.101. The number of aryl methyl sites for hydroxylation is 2. The summed E-state index contributed by atoms with van der Waals surface area (Å²) < 4.78 is 1.02. The normalized spacial score (nSPS) is 11.8. The highest BCUT2D eigenvalue weighted by molar-refractivity contribution is 7.21. The number of amides is 1. The molecule has 0 aliphatic carbocycles. The topological polar surface area (TPSA) is 68.0 Å². The third kappa shape index (κ3) is 2.93. The van der Waals surface area contributed by atoms with Crippen molar-refractivity contribution in [1.29, 1.82) is 0 Å². The number of hydrogen-bond acceptors (Lipinski definition) is 4. The summed E-state index contributed by atoms with van der Waals surface area (Å²) in [7, 11) is 0. The van der Waals surface area contributed by atoms with Crippen molar-refractivity contribution in [3.05, 3.63) is 22.3 Å². The van der Waals surface area contributed by atoms with Crippen LogP contribution in [0.5, 0.6) is 0 Å². The summed E-state index contributed by atoms with van der Waals surface area (Å²) in [5, 5.41) is 3.85. The Hall–Kier alpha value is -1.62. The van der Waals surface area contributed by atoms with E-state index in [2.05, 4.69) is 31.1 Å². The molecule has 0 aliphatic heterocycles. The van der Waals surface area contributed by atoms with E-state index in [-0.39, 0.29) is 11.3 Å². The average Bonchev–Trinajstić information content (AvgIpc) is 2.62. The van der Waals surface area contributed by atoms with Crippen LogP contribution in [0, 0.1) is 19.3 Å². The summed E-state index contributed by atoms with van der Waals surface area (Å²) in [6.45, 7) is 10.7. The van der Waals surface area contributed by atoms with E-state index in [4.69, 9.17) is 5.73 Å². The molecule has 0 atom stereocenters. The van der Waals surface area contributed by atoms with Crippen LogP contribution in [0.3, 0.4) is 0 Å². The quantitative estimate of drug-likeness (QED) is 0.892. The second-order valence-electron chi connectivity index (χ2n) is 6.31. The summed E-state index contributed by atoms with van der Waals surface area (Å²) >= 11 is 1.43. The Morgan fingerprint density at radius 3 is 2.65 bits per heavy atom. The molecule has 2 heterocycles. The summed E-state index contributed by atoms with van der Waals surface area (Å²) in [6, 6.07) is 1.98. The molecule has 20 heavy (non-hydrogen) atoms. The van der Waals surface area contributed by atoms with Gasteiger partial charge in [0.05, 0.1) is 5.69 Å². The van der Waals surface area contributed by atoms with Crippen LogP contribution in [0.2, 0.25) is 0 Å². The Bertz CT molecular complexity index is 668. The highest BCUT2D eigenvalue weighted by atomic mass is 32.1. The van der Waals surface area contributed by atoms with Crippen molar-refractivity contribution in [2.75, 3.05) is 12.3 Å². The van der Waals surface area contributed by atoms with Gasteiger partial charge in [0.15, 0.2) is 0 Å². The number of nitrogens with zero attached hydrogens (tertiary/aromatic N) is 1. The first kappa shape index (κ1) is 14.8. The molecule has 0 unspecified atom stereocenters. The van der Waals surface area contributed by atoms with Gasteiger partial charge in [0.2, 0.25) is 0 Å². The largest absolute Gasteiger partial charge is 0.397 e. The smallest absolute Gasteiger partial charge is 0.263 e. The van der Waals surface area contributed by atoms with Crippen LogP contribution in [-0.2, 0) is 0 Å². The van der Waals surface area contributed by atoms with Gasteiger partial charge in [0, 0.05) is 28.0 Å². The van der Waals surface area contributed by atoms with E-state index in [0.717, 1.165) is 21.5 Å². The van der Waals surface area contributed by atoms with Crippen molar-refractivity contribution in [3.63, 3.8) is 0 Å². The van der Waals surface area contributed by atoms with Gasteiger partial charge < -0.3 is 11.1 Å². The Labute approximate surface area is 123 Å². The predicted octanol–water partition coefficient (Wildman–Crippen LogP) is 3.27. The lowest BCUT2D eigenvalue weighted by Gasteiger charge is -2.18. The molecule has 2 aromatic heterocycles. The number of nitrogens with two attached hydrogens (primary N) is 1. The number of hydrogen-bond donors (Lipinski definition) is 2. The van der Waals surface area contributed by atoms with Gasteiger partial charge in [-0.1, -0.05) is 20.8 Å². The number of fused-ring (bicyclic) bond motifs is 1. The van der Waals surface area contributed by atoms with E-state index in [0.29, 0.717) is 17.1 Å². The maximum absolute atomic E-state index is 12.3. The summed E-state index contributed by atoms with van der Waals surface area (Å²) in [4.78, 5) is 17.3. The molecule has 0 bridgehead atoms. The second kappa shape index (κ2) is 5.05. The standard InChI is InChI=1S/C15H21N3OS/c1-8-6-10-11(9(2)18-8)12(16)13(20-10)14(19)17-7-15(3,4)5/h6H,7,16H2,1-5H3,(H,17,19). The number of carbonyl (C=O) groups excluding carboxylic acids is 1. The van der Waals surface area contributed by atoms with Crippen LogP contribution < -0.4 is 11.1 Å². The molecule has 0 saturated heterocycles. The van der Waals surface area contributed by atoms with Gasteiger partial charge in [0.1, 0.15) is 4.88 Å². The van der Waals surface area contributed by atoms with Crippen LogP contribution >= 0.6 is 11.3 Å². The lowest BCUT2D eigenvalue weighted by Crippen LogP contribution is -2.32. The van der Waals surface area contributed by atoms with Gasteiger partial charge in [-0.2, -0.15) is 0 Å². The number of anilines is 1. The lowest BCUT2D eigenvalue weighted by atomic mass is 9.97. The number of carbonyl (C=O) groups is 1. The van der Waals surface area contributed by atoms with Gasteiger partial charge in [-0.3, -0.25) is 9.78 Å². The van der Waals surface area contributed by atoms with Crippen molar-refractivity contribution in [1.82, 2.24) is 10.3 Å². The van der Waals surface area contributed by atoms with Crippen LogP contribution in [0.4, 0.5) is 5.69 Å². The minimum absolute atomic E-state index is 0.0508. The molecule has 0 aromatic carbocycles. The molecule has 2 aromatic rings. The molecule has 1 amide bonds. The van der Waals surface area contributed by atoms with Crippen LogP contribution in [-0.4, -0.2) is 17.4 Å². The van der Waals surface area contributed by atoms with Gasteiger partial charge in [-0.25, -0.2) is 0 Å². The number of thiophene rings is 1. The van der Waals surface area contributed by atoms with E-state index in [1.807, 2.05) is 19.9 Å². The molecular weight excluding hydrogens is 270 g/mol. The Morgan fingerprint density at radius 1 is 1.40 bits per heavy atom. The highest BCUT2D eigenvalue weighted by Gasteiger charge is 2.20. The monoisotopic (exact) mass is 291 g/mol. The molecule has 3 N–H and O–H groups in total. The fourth-order valence-electron chi connectivity index (χ4n) is 2.07. The SMILES string of the molecule is Cc1cc2sc(C(=O)NCC(C)(C)C)c(N)c2c(C)n1. The maximum Gasteiger partial charge on any atom is 0.263 e. The van der Waals surface area contributed by atoms with Gasteiger partial charge in [-0.05, 0) is 25.3 Å². The molecule has 0 saturated carbocycles. The van der Waals surface area contributed by atoms with E-state index in [1.165, 1.54) is 11.3 Å². The van der Waals surface area contributed by atoms with Crippen molar-refractivity contribution in [3.8, 4) is 0 Å². The molecule has 0 spiro atoms. The Balaban J connectivity index is 2.38. The highest BCUT2D eigenvalue weighted by Crippen LogP contribution is 2.35. The number of nitrogens with one attached hydrogen (secondary N) is 1. The molecule has 0 aliphatic rings. The lowest BCUT2D eigenvalue weighted by molar-refractivity contribution is 0.0944. The first-order valence-electron chi connectivity index (χ1n) is 6.63. The Kier molecular flexibility index (Phi) is 3.73. The third-order valence-corrected chi connectivity index (χ3v) is 4.16. The zero-order valence-electron chi connectivity index (χ0n) is 12.6. The molecule has 108 valence electrons. The molecule has 4 nitrogen and oxygen atoms in total. The van der Waals surface area contributed by atoms with E-state index >= 15 is 0 Å². The van der Waals surface area contributed by atoms with Crippen molar-refractivity contribution in [2.45, 2.75) is 34.6 Å². The van der Waals surface area contributed by atoms with Crippen LogP contribution in [0.15, 0.2) is 6.07 Å². The number of pyridine rings is 1. The van der Waals surface area contributed by atoms with Crippen molar-refractivity contribution >= 4 is 33.0 Å². The van der Waals surface area contributed by atoms with Gasteiger partial charge >= 0.3 is 0 Å². The molecule has 0 radical (unpaired) electrons. The number of aromatic nitrogens is 1. The predicted molar refractivity (Wildman–Crippen MR) is 85.3 cm³/mol. The molecule has 5 heteroatoms. The van der Waals surface area contributed by atoms with Gasteiger partial charge in [-0.15, -0.1) is 11.3 Å². The zero-order valence-corrected chi connectivity index (χ0v) is 13.4. The second-order valence-corrected chi connectivity index (χ2v) is 7.36. The number of nitrogen functional groups attached to an aromatic ring is 1. The van der Waals surface area contributed by atoms with E-state index in [9.17, 15) is 4.79 Å². The first-order valence-corrected chi connectivity index (χ1v) is 7.45. The zero-order chi connectivity index (χ0) is 15.1. The fourth-order valence-corrected chi connectivity index (χ4v) is 3.26. The van der Waals surface area contributed by atoms with Crippen LogP contribution in [0.25, 0.3) is 10.1 Å². The molecular formula is C15H21N3OS. The van der Waals surface area contributed by atoms with E-state index < -0.39 is 0 Å². The summed E-state index contributed by atoms with van der Waals surface area (Å²) in [6.07, 6.45) is 0. The number of rotatable bonds is 2. The average molecular weight is 291 g/mol. The minimum atomic E-state index is -0.101. The van der Waals surface area contributed by atoms with Gasteiger partial charge in [0.25, 0.3) is 5.91 Å². The van der Waals surface area contributed by atoms with Crippen molar-refractivity contribution < 1.29 is 4.79 Å². The molecule has 2 rings (SSSR count).